The lowest BCUT2D eigenvalue weighted by molar-refractivity contribution is -0.192. The number of carboxylic acid groups (broad SMARTS) is 1. The Bertz CT molecular complexity index is 1790. The fourth-order valence-electron chi connectivity index (χ4n) is 7.15. The van der Waals surface area contributed by atoms with Crippen molar-refractivity contribution in [2.75, 3.05) is 96.0 Å². The van der Waals surface area contributed by atoms with Crippen LogP contribution < -0.4 is 19.7 Å². The number of nitrogens with one attached hydrogen (secondary N) is 1. The molecule has 3 aromatic rings. The molecule has 3 fully saturated rings. The summed E-state index contributed by atoms with van der Waals surface area (Å²) in [5.41, 5.74) is 2.81. The van der Waals surface area contributed by atoms with Gasteiger partial charge in [-0.2, -0.15) is 18.4 Å². The number of aromatic nitrogens is 2. The van der Waals surface area contributed by atoms with Crippen molar-refractivity contribution in [2.24, 2.45) is 5.92 Å². The standard InChI is InChI=1S/C38H50Cl2N8O2.C2HF3O2/c1-38(2,32-23-30(25-41)36(35(40)24-32)49-22-10-39)31-3-5-34(6-4-31)50-27-33-9-13-43-37(44-33)48-20-18-47(19-21-48)28-46-16-14-45(15-17-46)26-29-7-11-42-12-8-29;3-2(4,5)1(6)7/h3-6,9,13,23-24,29,42H,7-8,10-12,14-22,26-28H2,1-2H3;(H,6,7). The summed E-state index contributed by atoms with van der Waals surface area (Å²) in [5.74, 6) is 0.321. The Hall–Kier alpha value is -3.91. The molecule has 0 unspecified atom stereocenters. The molecule has 17 heteroatoms. The zero-order chi connectivity index (χ0) is 41.0. The number of piperazine rings is 2. The largest absolute Gasteiger partial charge is 0.490 e. The lowest BCUT2D eigenvalue weighted by Gasteiger charge is -2.41. The van der Waals surface area contributed by atoms with E-state index in [1.54, 1.807) is 0 Å². The lowest BCUT2D eigenvalue weighted by atomic mass is 9.77. The number of ether oxygens (including phenoxy) is 2. The van der Waals surface area contributed by atoms with E-state index in [9.17, 15) is 18.4 Å². The number of nitriles is 1. The van der Waals surface area contributed by atoms with Gasteiger partial charge < -0.3 is 29.7 Å². The first-order chi connectivity index (χ1) is 27.3. The van der Waals surface area contributed by atoms with Crippen LogP contribution in [0.2, 0.25) is 5.02 Å². The third-order valence-electron chi connectivity index (χ3n) is 10.6. The fraction of sp³-hybridized carbons (Fsp3) is 0.550. The highest BCUT2D eigenvalue weighted by molar-refractivity contribution is 6.32. The molecule has 0 atom stereocenters. The van der Waals surface area contributed by atoms with Crippen molar-refractivity contribution in [3.63, 3.8) is 0 Å². The van der Waals surface area contributed by atoms with Crippen LogP contribution in [0.25, 0.3) is 0 Å². The summed E-state index contributed by atoms with van der Waals surface area (Å²) in [5, 5.41) is 20.7. The molecule has 3 aliphatic rings. The van der Waals surface area contributed by atoms with Gasteiger partial charge in [-0.25, -0.2) is 14.8 Å². The molecule has 0 spiro atoms. The first kappa shape index (κ1) is 44.2. The van der Waals surface area contributed by atoms with Gasteiger partial charge in [0, 0.05) is 70.5 Å². The van der Waals surface area contributed by atoms with Crippen LogP contribution in [0.15, 0.2) is 48.7 Å². The molecule has 0 amide bonds. The average Bonchev–Trinajstić information content (AvgIpc) is 3.21. The van der Waals surface area contributed by atoms with E-state index in [4.69, 9.17) is 47.6 Å². The third kappa shape index (κ3) is 12.8. The molecular formula is C40H51Cl2F3N8O4. The summed E-state index contributed by atoms with van der Waals surface area (Å²) in [6.45, 7) is 18.1. The van der Waals surface area contributed by atoms with Gasteiger partial charge in [0.1, 0.15) is 25.0 Å². The molecule has 12 nitrogen and oxygen atoms in total. The van der Waals surface area contributed by atoms with E-state index in [0.29, 0.717) is 28.8 Å². The minimum atomic E-state index is -5.08. The summed E-state index contributed by atoms with van der Waals surface area (Å²) in [4.78, 5) is 28.5. The number of hydrogen-bond acceptors (Lipinski definition) is 11. The summed E-state index contributed by atoms with van der Waals surface area (Å²) >= 11 is 12.3. The van der Waals surface area contributed by atoms with Gasteiger partial charge in [0.05, 0.1) is 28.8 Å². The van der Waals surface area contributed by atoms with E-state index in [1.807, 2.05) is 48.7 Å². The number of carbonyl (C=O) groups is 1. The molecule has 2 aromatic carbocycles. The van der Waals surface area contributed by atoms with Gasteiger partial charge in [-0.3, -0.25) is 9.80 Å². The van der Waals surface area contributed by atoms with Crippen LogP contribution in [0.5, 0.6) is 11.5 Å². The van der Waals surface area contributed by atoms with E-state index < -0.39 is 17.6 Å². The molecule has 1 aromatic heterocycles. The normalized spacial score (nSPS) is 17.7. The lowest BCUT2D eigenvalue weighted by Crippen LogP contribution is -2.54. The number of piperidine rings is 1. The predicted octanol–water partition coefficient (Wildman–Crippen LogP) is 5.85. The van der Waals surface area contributed by atoms with Gasteiger partial charge in [0.2, 0.25) is 5.95 Å². The highest BCUT2D eigenvalue weighted by atomic mass is 35.5. The second kappa shape index (κ2) is 20.7. The van der Waals surface area contributed by atoms with Gasteiger partial charge >= 0.3 is 12.1 Å². The zero-order valence-corrected chi connectivity index (χ0v) is 33.9. The number of aliphatic carboxylic acids is 1. The first-order valence-electron chi connectivity index (χ1n) is 19.2. The highest BCUT2D eigenvalue weighted by Crippen LogP contribution is 2.38. The highest BCUT2D eigenvalue weighted by Gasteiger charge is 2.38. The second-order valence-electron chi connectivity index (χ2n) is 14.9. The maximum atomic E-state index is 10.6. The van der Waals surface area contributed by atoms with E-state index in [0.717, 1.165) is 80.4 Å². The third-order valence-corrected chi connectivity index (χ3v) is 11.0. The molecule has 2 N–H and O–H groups in total. The monoisotopic (exact) mass is 834 g/mol. The van der Waals surface area contributed by atoms with Crippen LogP contribution in [0.3, 0.4) is 0 Å². The molecule has 0 aliphatic carbocycles. The van der Waals surface area contributed by atoms with E-state index >= 15 is 0 Å². The number of hydrogen-bond donors (Lipinski definition) is 2. The van der Waals surface area contributed by atoms with Crippen molar-refractivity contribution in [2.45, 2.75) is 44.9 Å². The number of rotatable bonds is 13. The van der Waals surface area contributed by atoms with E-state index in [2.05, 4.69) is 49.8 Å². The molecule has 6 rings (SSSR count). The maximum absolute atomic E-state index is 10.6. The van der Waals surface area contributed by atoms with Crippen LogP contribution in [0.1, 0.15) is 49.1 Å². The topological polar surface area (TPSA) is 130 Å². The maximum Gasteiger partial charge on any atom is 0.490 e. The number of benzene rings is 2. The van der Waals surface area contributed by atoms with Crippen molar-refractivity contribution in [1.82, 2.24) is 30.0 Å². The van der Waals surface area contributed by atoms with Crippen molar-refractivity contribution < 1.29 is 32.5 Å². The summed E-state index contributed by atoms with van der Waals surface area (Å²) < 4.78 is 43.5. The van der Waals surface area contributed by atoms with Gasteiger partial charge in [-0.15, -0.1) is 11.6 Å². The molecule has 0 radical (unpaired) electrons. The van der Waals surface area contributed by atoms with Gasteiger partial charge in [-0.05, 0) is 73.3 Å². The number of carboxylic acids is 1. The van der Waals surface area contributed by atoms with Crippen molar-refractivity contribution in [3.05, 3.63) is 76.1 Å². The van der Waals surface area contributed by atoms with Crippen molar-refractivity contribution in [3.8, 4) is 17.6 Å². The van der Waals surface area contributed by atoms with Crippen LogP contribution in [-0.4, -0.2) is 133 Å². The number of halogens is 5. The fourth-order valence-corrected chi connectivity index (χ4v) is 7.50. The molecule has 3 saturated heterocycles. The Labute approximate surface area is 342 Å². The van der Waals surface area contributed by atoms with Crippen molar-refractivity contribution in [1.29, 1.82) is 5.26 Å². The van der Waals surface area contributed by atoms with Crippen LogP contribution in [0.4, 0.5) is 19.1 Å². The summed E-state index contributed by atoms with van der Waals surface area (Å²) in [6.07, 6.45) is -0.607. The van der Waals surface area contributed by atoms with Crippen LogP contribution >= 0.6 is 23.2 Å². The first-order valence-corrected chi connectivity index (χ1v) is 20.1. The molecule has 57 heavy (non-hydrogen) atoms. The summed E-state index contributed by atoms with van der Waals surface area (Å²) in [7, 11) is 0. The Morgan fingerprint density at radius 2 is 1.56 bits per heavy atom. The predicted molar refractivity (Wildman–Crippen MR) is 213 cm³/mol. The Balaban J connectivity index is 0.000000811. The average molecular weight is 836 g/mol. The molecule has 0 saturated carbocycles. The number of anilines is 1. The summed E-state index contributed by atoms with van der Waals surface area (Å²) in [6, 6.07) is 15.9. The Morgan fingerprint density at radius 1 is 0.947 bits per heavy atom. The quantitative estimate of drug-likeness (QED) is 0.200. The van der Waals surface area contributed by atoms with E-state index in [-0.39, 0.29) is 6.61 Å². The second-order valence-corrected chi connectivity index (χ2v) is 15.7. The minimum absolute atomic E-state index is 0.282. The molecule has 3 aliphatic heterocycles. The van der Waals surface area contributed by atoms with Gasteiger partial charge in [0.25, 0.3) is 0 Å². The molecule has 310 valence electrons. The van der Waals surface area contributed by atoms with Gasteiger partial charge in [-0.1, -0.05) is 37.6 Å². The van der Waals surface area contributed by atoms with Crippen LogP contribution in [0, 0.1) is 17.2 Å². The number of nitrogens with zero attached hydrogens (tertiary/aromatic N) is 7. The molecule has 4 heterocycles. The molecule has 0 bridgehead atoms. The van der Waals surface area contributed by atoms with Crippen LogP contribution in [-0.2, 0) is 16.8 Å². The Kier molecular flexibility index (Phi) is 16.0. The van der Waals surface area contributed by atoms with Gasteiger partial charge in [0.15, 0.2) is 5.75 Å². The smallest absolute Gasteiger partial charge is 0.489 e. The SMILES string of the molecule is CC(C)(c1ccc(OCc2ccnc(N3CCN(CN4CCN(CC5CCNCC5)CC4)CC3)n2)cc1)c1cc(Cl)c(OCCCl)c(C#N)c1.O=C(O)C(F)(F)F. The minimum Gasteiger partial charge on any atom is -0.489 e. The van der Waals surface area contributed by atoms with Crippen molar-refractivity contribution >= 4 is 35.1 Å². The molecular weight excluding hydrogens is 784 g/mol. The zero-order valence-electron chi connectivity index (χ0n) is 32.4. The van der Waals surface area contributed by atoms with E-state index in [1.165, 1.54) is 45.6 Å². The Morgan fingerprint density at radius 3 is 2.16 bits per heavy atom. The number of alkyl halides is 4.